The van der Waals surface area contributed by atoms with Gasteiger partial charge in [0.25, 0.3) is 0 Å². The first-order chi connectivity index (χ1) is 9.86. The van der Waals surface area contributed by atoms with E-state index in [2.05, 4.69) is 5.32 Å². The van der Waals surface area contributed by atoms with Crippen LogP contribution < -0.4 is 5.32 Å². The Balaban J connectivity index is 2.07. The maximum absolute atomic E-state index is 12.8. The van der Waals surface area contributed by atoms with Gasteiger partial charge in [-0.1, -0.05) is 11.6 Å². The maximum Gasteiger partial charge on any atom is 0.417 e. The zero-order chi connectivity index (χ0) is 15.6. The Kier molecular flexibility index (Phi) is 5.01. The molecule has 1 N–H and O–H groups in total. The average Bonchev–Trinajstić information content (AvgIpc) is 2.38. The van der Waals surface area contributed by atoms with E-state index < -0.39 is 11.7 Å². The van der Waals surface area contributed by atoms with Crippen molar-refractivity contribution in [3.05, 3.63) is 28.8 Å². The normalized spacial score (nSPS) is 25.5. The number of nitrogens with one attached hydrogen (secondary N) is 1. The second-order valence-corrected chi connectivity index (χ2v) is 5.28. The van der Waals surface area contributed by atoms with E-state index in [-0.39, 0.29) is 23.3 Å². The number of ether oxygens (including phenoxy) is 2. The van der Waals surface area contributed by atoms with Gasteiger partial charge >= 0.3 is 6.18 Å². The minimum atomic E-state index is -4.47. The lowest BCUT2D eigenvalue weighted by Gasteiger charge is -2.43. The van der Waals surface area contributed by atoms with Gasteiger partial charge in [-0.2, -0.15) is 13.2 Å². The van der Waals surface area contributed by atoms with E-state index in [1.165, 1.54) is 12.1 Å². The molecule has 0 heterocycles. The zero-order valence-corrected chi connectivity index (χ0v) is 12.5. The molecule has 2 rings (SSSR count). The van der Waals surface area contributed by atoms with Gasteiger partial charge in [-0.25, -0.2) is 0 Å². The Bertz CT molecular complexity index is 496. The van der Waals surface area contributed by atoms with E-state index in [1.54, 1.807) is 7.11 Å². The summed E-state index contributed by atoms with van der Waals surface area (Å²) in [5.74, 6) is 0. The van der Waals surface area contributed by atoms with Crippen molar-refractivity contribution < 1.29 is 22.6 Å². The van der Waals surface area contributed by atoms with Crippen molar-refractivity contribution in [3.63, 3.8) is 0 Å². The number of anilines is 1. The molecule has 0 aliphatic heterocycles. The van der Waals surface area contributed by atoms with Gasteiger partial charge in [-0.3, -0.25) is 0 Å². The first-order valence-electron chi connectivity index (χ1n) is 6.64. The monoisotopic (exact) mass is 323 g/mol. The van der Waals surface area contributed by atoms with Crippen molar-refractivity contribution in [1.29, 1.82) is 0 Å². The number of alkyl halides is 3. The molecule has 0 radical (unpaired) electrons. The maximum atomic E-state index is 12.8. The van der Waals surface area contributed by atoms with Crippen LogP contribution >= 0.6 is 11.6 Å². The van der Waals surface area contributed by atoms with Crippen molar-refractivity contribution in [2.24, 2.45) is 0 Å². The molecule has 1 aliphatic rings. The molecule has 3 atom stereocenters. The predicted molar refractivity (Wildman–Crippen MR) is 74.7 cm³/mol. The molecule has 0 aromatic heterocycles. The summed E-state index contributed by atoms with van der Waals surface area (Å²) in [6.07, 6.45) is -3.97. The lowest BCUT2D eigenvalue weighted by atomic mass is 9.85. The first-order valence-corrected chi connectivity index (χ1v) is 7.02. The van der Waals surface area contributed by atoms with Gasteiger partial charge in [0.2, 0.25) is 0 Å². The van der Waals surface area contributed by atoms with E-state index in [1.807, 2.05) is 6.92 Å². The molecule has 1 fully saturated rings. The summed E-state index contributed by atoms with van der Waals surface area (Å²) in [5.41, 5.74) is -0.475. The fraction of sp³-hybridized carbons (Fsp3) is 0.571. The Hall–Kier alpha value is -0.980. The fourth-order valence-electron chi connectivity index (χ4n) is 2.46. The smallest absolute Gasteiger partial charge is 0.379 e. The first kappa shape index (κ1) is 16.4. The molecule has 21 heavy (non-hydrogen) atoms. The second-order valence-electron chi connectivity index (χ2n) is 4.87. The number of hydrogen-bond donors (Lipinski definition) is 1. The summed E-state index contributed by atoms with van der Waals surface area (Å²) >= 11 is 5.59. The topological polar surface area (TPSA) is 30.5 Å². The van der Waals surface area contributed by atoms with Gasteiger partial charge in [-0.15, -0.1) is 0 Å². The Morgan fingerprint density at radius 1 is 1.38 bits per heavy atom. The molecule has 0 saturated heterocycles. The number of benzene rings is 1. The van der Waals surface area contributed by atoms with E-state index in [4.69, 9.17) is 21.1 Å². The number of methoxy groups -OCH3 is 1. The van der Waals surface area contributed by atoms with Gasteiger partial charge in [0, 0.05) is 19.4 Å². The fourth-order valence-corrected chi connectivity index (χ4v) is 2.69. The third-order valence-electron chi connectivity index (χ3n) is 3.53. The standard InChI is InChI=1S/C14H17ClF3NO2/c1-3-21-12-7-11(13(12)20-2)19-8-4-5-10(15)9(6-8)14(16,17)18/h4-6,11-13,19H,3,7H2,1-2H3. The largest absolute Gasteiger partial charge is 0.417 e. The quantitative estimate of drug-likeness (QED) is 0.889. The van der Waals surface area contributed by atoms with Crippen LogP contribution in [0.2, 0.25) is 5.02 Å². The molecule has 1 aromatic rings. The summed E-state index contributed by atoms with van der Waals surface area (Å²) in [4.78, 5) is 0. The molecule has 3 nitrogen and oxygen atoms in total. The van der Waals surface area contributed by atoms with E-state index in [0.717, 1.165) is 6.07 Å². The van der Waals surface area contributed by atoms with Crippen molar-refractivity contribution in [2.75, 3.05) is 19.0 Å². The van der Waals surface area contributed by atoms with E-state index >= 15 is 0 Å². The molecule has 0 bridgehead atoms. The third kappa shape index (κ3) is 3.62. The molecular weight excluding hydrogens is 307 g/mol. The summed E-state index contributed by atoms with van der Waals surface area (Å²) in [5, 5.41) is 2.74. The van der Waals surface area contributed by atoms with Crippen LogP contribution in [0, 0.1) is 0 Å². The summed E-state index contributed by atoms with van der Waals surface area (Å²) in [7, 11) is 1.56. The number of rotatable bonds is 5. The summed E-state index contributed by atoms with van der Waals surface area (Å²) in [6, 6.07) is 3.71. The lowest BCUT2D eigenvalue weighted by Crippen LogP contribution is -2.56. The summed E-state index contributed by atoms with van der Waals surface area (Å²) < 4.78 is 49.2. The van der Waals surface area contributed by atoms with Gasteiger partial charge in [-0.05, 0) is 31.5 Å². The van der Waals surface area contributed by atoms with Crippen LogP contribution in [-0.2, 0) is 15.7 Å². The highest BCUT2D eigenvalue weighted by Crippen LogP contribution is 2.37. The molecule has 1 aromatic carbocycles. The van der Waals surface area contributed by atoms with Crippen molar-refractivity contribution in [1.82, 2.24) is 0 Å². The summed E-state index contributed by atoms with van der Waals surface area (Å²) in [6.45, 7) is 2.47. The minimum absolute atomic E-state index is 0.0214. The third-order valence-corrected chi connectivity index (χ3v) is 3.86. The van der Waals surface area contributed by atoms with Crippen LogP contribution in [0.1, 0.15) is 18.9 Å². The molecule has 0 amide bonds. The second kappa shape index (κ2) is 6.42. The Morgan fingerprint density at radius 2 is 2.10 bits per heavy atom. The van der Waals surface area contributed by atoms with E-state index in [0.29, 0.717) is 18.7 Å². The highest BCUT2D eigenvalue weighted by molar-refractivity contribution is 6.31. The van der Waals surface area contributed by atoms with Crippen molar-refractivity contribution in [3.8, 4) is 0 Å². The highest BCUT2D eigenvalue weighted by atomic mass is 35.5. The van der Waals surface area contributed by atoms with Crippen LogP contribution in [0.25, 0.3) is 0 Å². The van der Waals surface area contributed by atoms with Crippen molar-refractivity contribution >= 4 is 17.3 Å². The minimum Gasteiger partial charge on any atom is -0.379 e. The van der Waals surface area contributed by atoms with Crippen LogP contribution in [0.5, 0.6) is 0 Å². The van der Waals surface area contributed by atoms with Crippen LogP contribution in [0.3, 0.4) is 0 Å². The molecule has 1 saturated carbocycles. The highest BCUT2D eigenvalue weighted by Gasteiger charge is 2.42. The van der Waals surface area contributed by atoms with Gasteiger partial charge in [0.1, 0.15) is 6.10 Å². The van der Waals surface area contributed by atoms with Gasteiger partial charge in [0.05, 0.1) is 22.7 Å². The molecule has 118 valence electrons. The number of halogens is 4. The van der Waals surface area contributed by atoms with Gasteiger partial charge in [0.15, 0.2) is 0 Å². The van der Waals surface area contributed by atoms with Crippen LogP contribution in [-0.4, -0.2) is 32.0 Å². The van der Waals surface area contributed by atoms with Crippen LogP contribution in [0.15, 0.2) is 18.2 Å². The van der Waals surface area contributed by atoms with Crippen molar-refractivity contribution in [2.45, 2.75) is 37.8 Å². The zero-order valence-electron chi connectivity index (χ0n) is 11.7. The molecule has 3 unspecified atom stereocenters. The van der Waals surface area contributed by atoms with Crippen LogP contribution in [0.4, 0.5) is 18.9 Å². The molecular formula is C14H17ClF3NO2. The molecule has 0 spiro atoms. The van der Waals surface area contributed by atoms with E-state index in [9.17, 15) is 13.2 Å². The Labute approximate surface area is 126 Å². The SMILES string of the molecule is CCOC1CC(Nc2ccc(Cl)c(C(F)(F)F)c2)C1OC. The number of hydrogen-bond acceptors (Lipinski definition) is 3. The Morgan fingerprint density at radius 3 is 2.67 bits per heavy atom. The predicted octanol–water partition coefficient (Wildman–Crippen LogP) is 3.96. The molecule has 1 aliphatic carbocycles. The lowest BCUT2D eigenvalue weighted by molar-refractivity contribution is -0.137. The van der Waals surface area contributed by atoms with Gasteiger partial charge < -0.3 is 14.8 Å². The molecule has 7 heteroatoms. The average molecular weight is 324 g/mol.